The lowest BCUT2D eigenvalue weighted by molar-refractivity contribution is -0.152. The lowest BCUT2D eigenvalue weighted by Crippen LogP contribution is -2.29. The minimum Gasteiger partial charge on any atom is -0.451 e. The number of ketones is 1. The summed E-state index contributed by atoms with van der Waals surface area (Å²) < 4.78 is 6.12. The predicted octanol–water partition coefficient (Wildman–Crippen LogP) is 3.83. The zero-order chi connectivity index (χ0) is 14.5. The van der Waals surface area contributed by atoms with E-state index in [2.05, 4.69) is 15.9 Å². The Morgan fingerprint density at radius 1 is 1.40 bits per heavy atom. The molecule has 0 bridgehead atoms. The fourth-order valence-electron chi connectivity index (χ4n) is 2.18. The monoisotopic (exact) mass is 336 g/mol. The van der Waals surface area contributed by atoms with E-state index in [0.29, 0.717) is 12.8 Å². The van der Waals surface area contributed by atoms with Gasteiger partial charge in [-0.2, -0.15) is 0 Å². The van der Waals surface area contributed by atoms with Crippen LogP contribution in [0.1, 0.15) is 36.8 Å². The molecule has 1 aromatic carbocycles. The number of ether oxygens (including phenoxy) is 1. The zero-order valence-corrected chi connectivity index (χ0v) is 13.0. The van der Waals surface area contributed by atoms with Crippen LogP contribution in [0.25, 0.3) is 6.08 Å². The topological polar surface area (TPSA) is 43.4 Å². The van der Waals surface area contributed by atoms with Crippen molar-refractivity contribution in [2.75, 3.05) is 0 Å². The maximum absolute atomic E-state index is 11.7. The van der Waals surface area contributed by atoms with Gasteiger partial charge in [-0.25, -0.2) is 4.79 Å². The number of rotatable bonds is 3. The summed E-state index contributed by atoms with van der Waals surface area (Å²) in [5.74, 6) is -0.424. The molecule has 106 valence electrons. The third-order valence-corrected chi connectivity index (χ3v) is 4.00. The van der Waals surface area contributed by atoms with E-state index in [-0.39, 0.29) is 5.78 Å². The minimum atomic E-state index is -0.553. The van der Waals surface area contributed by atoms with Crippen LogP contribution in [0.4, 0.5) is 0 Å². The Bertz CT molecular complexity index is 549. The van der Waals surface area contributed by atoms with E-state index < -0.39 is 12.1 Å². The number of halogens is 1. The number of hydrogen-bond donors (Lipinski definition) is 0. The van der Waals surface area contributed by atoms with Gasteiger partial charge in [0.1, 0.15) is 0 Å². The third-order valence-electron chi connectivity index (χ3n) is 3.31. The quantitative estimate of drug-likeness (QED) is 0.622. The van der Waals surface area contributed by atoms with E-state index in [9.17, 15) is 9.59 Å². The van der Waals surface area contributed by atoms with Gasteiger partial charge in [-0.15, -0.1) is 0 Å². The van der Waals surface area contributed by atoms with Gasteiger partial charge in [-0.05, 0) is 49.5 Å². The number of carbonyl (C=O) groups is 2. The lowest BCUT2D eigenvalue weighted by atomic mass is 9.96. The normalized spacial score (nSPS) is 19.3. The summed E-state index contributed by atoms with van der Waals surface area (Å²) in [6, 6.07) is 5.88. The first-order valence-corrected chi connectivity index (χ1v) is 7.53. The van der Waals surface area contributed by atoms with Crippen LogP contribution in [0, 0.1) is 6.92 Å². The first-order chi connectivity index (χ1) is 9.56. The van der Waals surface area contributed by atoms with Crippen molar-refractivity contribution < 1.29 is 14.3 Å². The van der Waals surface area contributed by atoms with Crippen molar-refractivity contribution in [2.24, 2.45) is 0 Å². The molecule has 3 nitrogen and oxygen atoms in total. The van der Waals surface area contributed by atoms with Crippen molar-refractivity contribution in [3.05, 3.63) is 39.9 Å². The van der Waals surface area contributed by atoms with Crippen molar-refractivity contribution in [1.29, 1.82) is 0 Å². The molecule has 1 saturated carbocycles. The Morgan fingerprint density at radius 2 is 2.20 bits per heavy atom. The molecule has 4 heteroatoms. The second-order valence-corrected chi connectivity index (χ2v) is 5.85. The molecular weight excluding hydrogens is 320 g/mol. The van der Waals surface area contributed by atoms with Gasteiger partial charge in [0.25, 0.3) is 0 Å². The van der Waals surface area contributed by atoms with Crippen LogP contribution in [0.15, 0.2) is 28.7 Å². The summed E-state index contributed by atoms with van der Waals surface area (Å²) in [6.45, 7) is 2.00. The smallest absolute Gasteiger partial charge is 0.331 e. The first kappa shape index (κ1) is 15.0. The molecule has 2 rings (SSSR count). The molecule has 0 N–H and O–H groups in total. The van der Waals surface area contributed by atoms with E-state index in [1.165, 1.54) is 6.08 Å². The number of esters is 1. The fourth-order valence-corrected chi connectivity index (χ4v) is 2.81. The number of benzene rings is 1. The van der Waals surface area contributed by atoms with Gasteiger partial charge in [0.2, 0.25) is 0 Å². The number of carbonyl (C=O) groups excluding carboxylic acids is 2. The average molecular weight is 337 g/mol. The average Bonchev–Trinajstić information content (AvgIpc) is 2.40. The Labute approximate surface area is 127 Å². The van der Waals surface area contributed by atoms with Gasteiger partial charge < -0.3 is 4.74 Å². The highest BCUT2D eigenvalue weighted by molar-refractivity contribution is 9.10. The summed E-state index contributed by atoms with van der Waals surface area (Å²) in [6.07, 6.45) is 5.52. The van der Waals surface area contributed by atoms with Gasteiger partial charge in [0.15, 0.2) is 11.9 Å². The van der Waals surface area contributed by atoms with E-state index in [4.69, 9.17) is 4.74 Å². The third kappa shape index (κ3) is 4.04. The highest BCUT2D eigenvalue weighted by Gasteiger charge is 2.24. The van der Waals surface area contributed by atoms with Crippen LogP contribution in [-0.2, 0) is 14.3 Å². The van der Waals surface area contributed by atoms with Crippen LogP contribution in [0.5, 0.6) is 0 Å². The molecule has 20 heavy (non-hydrogen) atoms. The van der Waals surface area contributed by atoms with Gasteiger partial charge >= 0.3 is 5.97 Å². The summed E-state index contributed by atoms with van der Waals surface area (Å²) in [7, 11) is 0. The molecule has 0 radical (unpaired) electrons. The maximum Gasteiger partial charge on any atom is 0.331 e. The molecule has 1 aliphatic rings. The molecule has 1 aromatic rings. The summed E-state index contributed by atoms with van der Waals surface area (Å²) in [5.41, 5.74) is 2.05. The van der Waals surface area contributed by atoms with Gasteiger partial charge in [-0.1, -0.05) is 28.1 Å². The van der Waals surface area contributed by atoms with Crippen molar-refractivity contribution >= 4 is 33.8 Å². The molecule has 1 atom stereocenters. The number of hydrogen-bond acceptors (Lipinski definition) is 3. The summed E-state index contributed by atoms with van der Waals surface area (Å²) >= 11 is 3.45. The van der Waals surface area contributed by atoms with E-state index >= 15 is 0 Å². The minimum absolute atomic E-state index is 0.0366. The SMILES string of the molecule is Cc1ccc(/C=C/C(=O)O[C@@H]2CCCCC2=O)c(Br)c1. The Morgan fingerprint density at radius 3 is 2.90 bits per heavy atom. The van der Waals surface area contributed by atoms with Crippen molar-refractivity contribution in [2.45, 2.75) is 38.7 Å². The second-order valence-electron chi connectivity index (χ2n) is 5.00. The maximum atomic E-state index is 11.7. The molecule has 1 aliphatic carbocycles. The summed E-state index contributed by atoms with van der Waals surface area (Å²) in [4.78, 5) is 23.3. The van der Waals surface area contributed by atoms with Crippen molar-refractivity contribution in [3.8, 4) is 0 Å². The summed E-state index contributed by atoms with van der Waals surface area (Å²) in [5, 5.41) is 0. The van der Waals surface area contributed by atoms with Crippen LogP contribution in [0.2, 0.25) is 0 Å². The molecule has 0 amide bonds. The second kappa shape index (κ2) is 6.84. The fraction of sp³-hybridized carbons (Fsp3) is 0.375. The van der Waals surface area contributed by atoms with Gasteiger partial charge in [0, 0.05) is 17.0 Å². The predicted molar refractivity (Wildman–Crippen MR) is 81.3 cm³/mol. The Kier molecular flexibility index (Phi) is 5.12. The van der Waals surface area contributed by atoms with E-state index in [1.807, 2.05) is 25.1 Å². The Balaban J connectivity index is 1.96. The van der Waals surface area contributed by atoms with Gasteiger partial charge in [-0.3, -0.25) is 4.79 Å². The highest BCUT2D eigenvalue weighted by atomic mass is 79.9. The molecule has 0 heterocycles. The molecule has 0 saturated heterocycles. The first-order valence-electron chi connectivity index (χ1n) is 6.74. The van der Waals surface area contributed by atoms with Crippen LogP contribution >= 0.6 is 15.9 Å². The van der Waals surface area contributed by atoms with Crippen molar-refractivity contribution in [3.63, 3.8) is 0 Å². The molecule has 0 aliphatic heterocycles. The number of Topliss-reactive ketones (excluding diaryl/α,β-unsaturated/α-hetero) is 1. The number of aryl methyl sites for hydroxylation is 1. The molecule has 0 aromatic heterocycles. The van der Waals surface area contributed by atoms with Gasteiger partial charge in [0.05, 0.1) is 0 Å². The van der Waals surface area contributed by atoms with Crippen LogP contribution < -0.4 is 0 Å². The zero-order valence-electron chi connectivity index (χ0n) is 11.4. The highest BCUT2D eigenvalue weighted by Crippen LogP contribution is 2.20. The van der Waals surface area contributed by atoms with E-state index in [0.717, 1.165) is 28.4 Å². The van der Waals surface area contributed by atoms with E-state index in [1.54, 1.807) is 6.08 Å². The lowest BCUT2D eigenvalue weighted by Gasteiger charge is -2.19. The van der Waals surface area contributed by atoms with Crippen molar-refractivity contribution in [1.82, 2.24) is 0 Å². The largest absolute Gasteiger partial charge is 0.451 e. The molecular formula is C16H17BrO3. The van der Waals surface area contributed by atoms with Crippen LogP contribution in [-0.4, -0.2) is 17.9 Å². The standard InChI is InChI=1S/C16H17BrO3/c1-11-6-7-12(13(17)10-11)8-9-16(19)20-15-5-3-2-4-14(15)18/h6-10,15H,2-5H2,1H3/b9-8+/t15-/m1/s1. The molecule has 0 spiro atoms. The van der Waals surface area contributed by atoms with Crippen LogP contribution in [0.3, 0.4) is 0 Å². The molecule has 0 unspecified atom stereocenters. The molecule has 1 fully saturated rings. The Hall–Kier alpha value is -1.42.